The van der Waals surface area contributed by atoms with E-state index in [0.29, 0.717) is 11.5 Å². The summed E-state index contributed by atoms with van der Waals surface area (Å²) in [5.74, 6) is 0.141. The largest absolute Gasteiger partial charge is 0.261 e. The molecule has 5 nitrogen and oxygen atoms in total. The molecule has 3 heterocycles. The maximum Gasteiger partial charge on any atom is 0.215 e. The van der Waals surface area contributed by atoms with Crippen molar-refractivity contribution in [3.05, 3.63) is 34.0 Å². The van der Waals surface area contributed by atoms with Crippen molar-refractivity contribution < 1.29 is 4.39 Å². The third kappa shape index (κ3) is 1.39. The Morgan fingerprint density at radius 2 is 2.31 bits per heavy atom. The van der Waals surface area contributed by atoms with Crippen LogP contribution >= 0.6 is 22.6 Å². The summed E-state index contributed by atoms with van der Waals surface area (Å²) in [5.41, 5.74) is 0.480. The minimum absolute atomic E-state index is 0.480. The number of nitrogens with zero attached hydrogens (tertiary/aromatic N) is 4. The Hall–Kier alpha value is -1.51. The summed E-state index contributed by atoms with van der Waals surface area (Å²) in [7, 11) is 0. The molecule has 16 heavy (non-hydrogen) atoms. The number of nitrogens with one attached hydrogen (secondary N) is 1. The van der Waals surface area contributed by atoms with Crippen LogP contribution in [0.1, 0.15) is 0 Å². The normalized spacial score (nSPS) is 11.1. The number of aromatic nitrogens is 5. The first kappa shape index (κ1) is 9.70. The van der Waals surface area contributed by atoms with Gasteiger partial charge >= 0.3 is 0 Å². The van der Waals surface area contributed by atoms with Gasteiger partial charge in [0.1, 0.15) is 0 Å². The summed E-state index contributed by atoms with van der Waals surface area (Å²) in [6.07, 6.45) is 3.26. The van der Waals surface area contributed by atoms with Crippen LogP contribution < -0.4 is 0 Å². The molecule has 7 heteroatoms. The molecular weight excluding hydrogens is 324 g/mol. The lowest BCUT2D eigenvalue weighted by Crippen LogP contribution is -1.99. The van der Waals surface area contributed by atoms with Crippen LogP contribution in [0.4, 0.5) is 4.39 Å². The summed E-state index contributed by atoms with van der Waals surface area (Å²) in [4.78, 5) is 3.83. The Labute approximate surface area is 103 Å². The lowest BCUT2D eigenvalue weighted by Gasteiger charge is -1.99. The van der Waals surface area contributed by atoms with Crippen LogP contribution in [-0.4, -0.2) is 25.0 Å². The SMILES string of the molecule is Fc1cc(I)c2cnn(-c3ccn[nH]3)c2n1. The monoisotopic (exact) mass is 329 g/mol. The number of halogens is 2. The van der Waals surface area contributed by atoms with E-state index in [1.165, 1.54) is 10.7 Å². The van der Waals surface area contributed by atoms with E-state index in [4.69, 9.17) is 0 Å². The van der Waals surface area contributed by atoms with Crippen molar-refractivity contribution in [1.82, 2.24) is 25.0 Å². The molecule has 0 bridgehead atoms. The quantitative estimate of drug-likeness (QED) is 0.548. The van der Waals surface area contributed by atoms with Crippen LogP contribution in [0.15, 0.2) is 24.5 Å². The highest BCUT2D eigenvalue weighted by atomic mass is 127. The summed E-state index contributed by atoms with van der Waals surface area (Å²) in [5, 5.41) is 11.5. The molecule has 80 valence electrons. The average Bonchev–Trinajstić information content (AvgIpc) is 2.83. The van der Waals surface area contributed by atoms with E-state index in [-0.39, 0.29) is 0 Å². The van der Waals surface area contributed by atoms with E-state index in [2.05, 4.69) is 42.9 Å². The third-order valence-corrected chi connectivity index (χ3v) is 3.07. The highest BCUT2D eigenvalue weighted by Crippen LogP contribution is 2.21. The highest BCUT2D eigenvalue weighted by Gasteiger charge is 2.11. The van der Waals surface area contributed by atoms with Crippen LogP contribution in [0.2, 0.25) is 0 Å². The zero-order valence-electron chi connectivity index (χ0n) is 7.85. The van der Waals surface area contributed by atoms with Crippen molar-refractivity contribution >= 4 is 33.6 Å². The number of H-pyrrole nitrogens is 1. The predicted octanol–water partition coefficient (Wildman–Crippen LogP) is 1.89. The van der Waals surface area contributed by atoms with Gasteiger partial charge in [-0.1, -0.05) is 0 Å². The van der Waals surface area contributed by atoms with Gasteiger partial charge in [0, 0.05) is 15.7 Å². The Morgan fingerprint density at radius 3 is 3.06 bits per heavy atom. The van der Waals surface area contributed by atoms with Gasteiger partial charge < -0.3 is 0 Å². The van der Waals surface area contributed by atoms with Gasteiger partial charge in [0.2, 0.25) is 5.95 Å². The van der Waals surface area contributed by atoms with Crippen molar-refractivity contribution in [2.24, 2.45) is 0 Å². The molecule has 0 saturated heterocycles. The number of hydrogen-bond acceptors (Lipinski definition) is 3. The first-order valence-electron chi connectivity index (χ1n) is 4.45. The minimum Gasteiger partial charge on any atom is -0.261 e. The van der Waals surface area contributed by atoms with Crippen molar-refractivity contribution in [1.29, 1.82) is 0 Å². The molecule has 3 rings (SSSR count). The van der Waals surface area contributed by atoms with Crippen LogP contribution in [0.3, 0.4) is 0 Å². The van der Waals surface area contributed by atoms with Gasteiger partial charge in [-0.3, -0.25) is 5.10 Å². The van der Waals surface area contributed by atoms with Crippen molar-refractivity contribution in [2.45, 2.75) is 0 Å². The van der Waals surface area contributed by atoms with Gasteiger partial charge in [0.15, 0.2) is 11.5 Å². The van der Waals surface area contributed by atoms with Crippen LogP contribution in [-0.2, 0) is 0 Å². The van der Waals surface area contributed by atoms with Crippen LogP contribution in [0.5, 0.6) is 0 Å². The molecule has 0 unspecified atom stereocenters. The molecule has 0 aliphatic carbocycles. The first-order valence-corrected chi connectivity index (χ1v) is 5.53. The number of pyridine rings is 1. The van der Waals surface area contributed by atoms with Gasteiger partial charge in [-0.05, 0) is 22.6 Å². The third-order valence-electron chi connectivity index (χ3n) is 2.17. The Balaban J connectivity index is 2.35. The minimum atomic E-state index is -0.516. The van der Waals surface area contributed by atoms with Crippen LogP contribution in [0, 0.1) is 9.52 Å². The second-order valence-electron chi connectivity index (χ2n) is 3.16. The Kier molecular flexibility index (Phi) is 2.13. The van der Waals surface area contributed by atoms with E-state index in [9.17, 15) is 4.39 Å². The summed E-state index contributed by atoms with van der Waals surface area (Å²) >= 11 is 2.06. The first-order chi connectivity index (χ1) is 7.75. The van der Waals surface area contributed by atoms with E-state index in [1.54, 1.807) is 18.5 Å². The lowest BCUT2D eigenvalue weighted by atomic mass is 10.3. The molecule has 0 radical (unpaired) electrons. The fourth-order valence-corrected chi connectivity index (χ4v) is 2.11. The predicted molar refractivity (Wildman–Crippen MR) is 63.7 cm³/mol. The van der Waals surface area contributed by atoms with E-state index in [0.717, 1.165) is 8.96 Å². The molecule has 0 fully saturated rings. The molecule has 0 aliphatic rings. The fraction of sp³-hybridized carbons (Fsp3) is 0. The molecule has 3 aromatic rings. The maximum absolute atomic E-state index is 13.2. The highest BCUT2D eigenvalue weighted by molar-refractivity contribution is 14.1. The number of hydrogen-bond donors (Lipinski definition) is 1. The number of fused-ring (bicyclic) bond motifs is 1. The lowest BCUT2D eigenvalue weighted by molar-refractivity contribution is 0.585. The van der Waals surface area contributed by atoms with Gasteiger partial charge in [0.05, 0.1) is 17.8 Å². The van der Waals surface area contributed by atoms with Crippen molar-refractivity contribution in [3.8, 4) is 5.82 Å². The fourth-order valence-electron chi connectivity index (χ4n) is 1.48. The van der Waals surface area contributed by atoms with Gasteiger partial charge in [-0.2, -0.15) is 24.3 Å². The van der Waals surface area contributed by atoms with Gasteiger partial charge in [-0.15, -0.1) is 0 Å². The zero-order chi connectivity index (χ0) is 11.1. The van der Waals surface area contributed by atoms with Crippen molar-refractivity contribution in [3.63, 3.8) is 0 Å². The summed E-state index contributed by atoms with van der Waals surface area (Å²) < 4.78 is 15.5. The van der Waals surface area contributed by atoms with E-state index in [1.807, 2.05) is 0 Å². The second-order valence-corrected chi connectivity index (χ2v) is 4.32. The Bertz CT molecular complexity index is 645. The number of aromatic amines is 1. The van der Waals surface area contributed by atoms with Gasteiger partial charge in [0.25, 0.3) is 0 Å². The zero-order valence-corrected chi connectivity index (χ0v) is 10.0. The van der Waals surface area contributed by atoms with E-state index < -0.39 is 5.95 Å². The molecule has 0 amide bonds. The van der Waals surface area contributed by atoms with Crippen LogP contribution in [0.25, 0.3) is 16.9 Å². The molecule has 0 spiro atoms. The molecular formula is C9H5FIN5. The second kappa shape index (κ2) is 3.51. The molecule has 0 aliphatic heterocycles. The molecule has 0 atom stereocenters. The van der Waals surface area contributed by atoms with Crippen molar-refractivity contribution in [2.75, 3.05) is 0 Å². The van der Waals surface area contributed by atoms with Gasteiger partial charge in [-0.25, -0.2) is 0 Å². The maximum atomic E-state index is 13.2. The standard InChI is InChI=1S/C9H5FIN5/c10-7-3-6(11)5-4-13-16(9(5)14-7)8-1-2-12-15-8/h1-4H,(H,12,15). The number of rotatable bonds is 1. The molecule has 3 aromatic heterocycles. The Morgan fingerprint density at radius 1 is 1.44 bits per heavy atom. The summed E-state index contributed by atoms with van der Waals surface area (Å²) in [6.45, 7) is 0. The summed E-state index contributed by atoms with van der Waals surface area (Å²) in [6, 6.07) is 3.12. The topological polar surface area (TPSA) is 59.4 Å². The molecule has 0 aromatic carbocycles. The molecule has 0 saturated carbocycles. The smallest absolute Gasteiger partial charge is 0.215 e. The average molecular weight is 329 g/mol. The molecule has 1 N–H and O–H groups in total. The van der Waals surface area contributed by atoms with E-state index >= 15 is 0 Å².